The molecule has 2 N–H and O–H groups in total. The zero-order valence-electron chi connectivity index (χ0n) is 11.3. The van der Waals surface area contributed by atoms with E-state index in [9.17, 15) is 18.0 Å². The summed E-state index contributed by atoms with van der Waals surface area (Å²) in [6.45, 7) is 3.92. The summed E-state index contributed by atoms with van der Waals surface area (Å²) in [6, 6.07) is -0.909. The summed E-state index contributed by atoms with van der Waals surface area (Å²) in [5, 5.41) is 11.6. The Bertz CT molecular complexity index is 462. The average molecular weight is 292 g/mol. The Morgan fingerprint density at radius 3 is 2.42 bits per heavy atom. The van der Waals surface area contributed by atoms with Crippen molar-refractivity contribution >= 4 is 21.8 Å². The first-order chi connectivity index (χ1) is 8.60. The van der Waals surface area contributed by atoms with Gasteiger partial charge in [0.05, 0.1) is 11.7 Å². The molecule has 1 aliphatic rings. The molecule has 1 fully saturated rings. The van der Waals surface area contributed by atoms with Gasteiger partial charge in [0, 0.05) is 25.4 Å². The van der Waals surface area contributed by atoms with E-state index in [4.69, 9.17) is 5.11 Å². The Balaban J connectivity index is 2.54. The van der Waals surface area contributed by atoms with Crippen LogP contribution in [0.1, 0.15) is 13.8 Å². The predicted molar refractivity (Wildman–Crippen MR) is 69.6 cm³/mol. The molecule has 0 aromatic heterocycles. The number of nitrogens with zero attached hydrogens (tertiary/aromatic N) is 1. The van der Waals surface area contributed by atoms with Gasteiger partial charge in [-0.25, -0.2) is 13.2 Å². The quantitative estimate of drug-likeness (QED) is 0.745. The number of hydrogen-bond donors (Lipinski definition) is 2. The number of nitrogens with one attached hydrogen (secondary N) is 1. The number of carbonyl (C=O) groups is 2. The molecule has 1 saturated heterocycles. The molecule has 1 aliphatic heterocycles. The summed E-state index contributed by atoms with van der Waals surface area (Å²) in [5.74, 6) is -1.71. The Morgan fingerprint density at radius 2 is 2.00 bits per heavy atom. The standard InChI is InChI=1S/C11H20N2O5S/c1-7-4-13(5-9(7)10(14)15)11(16)12-8(2)6-19(3,17)18/h7-9H,4-6H2,1-3H3,(H,12,16)(H,14,15). The van der Waals surface area contributed by atoms with E-state index in [1.54, 1.807) is 13.8 Å². The average Bonchev–Trinajstić information content (AvgIpc) is 2.57. The molecule has 1 heterocycles. The maximum atomic E-state index is 11.9. The molecule has 8 heteroatoms. The highest BCUT2D eigenvalue weighted by Gasteiger charge is 2.37. The maximum Gasteiger partial charge on any atom is 0.317 e. The van der Waals surface area contributed by atoms with Crippen LogP contribution in [-0.4, -0.2) is 61.6 Å². The van der Waals surface area contributed by atoms with Crippen LogP contribution in [0, 0.1) is 11.8 Å². The van der Waals surface area contributed by atoms with Gasteiger partial charge in [0.1, 0.15) is 9.84 Å². The lowest BCUT2D eigenvalue weighted by atomic mass is 9.99. The van der Waals surface area contributed by atoms with Gasteiger partial charge < -0.3 is 15.3 Å². The van der Waals surface area contributed by atoms with E-state index in [-0.39, 0.29) is 18.2 Å². The molecule has 3 unspecified atom stereocenters. The Hall–Kier alpha value is -1.31. The van der Waals surface area contributed by atoms with E-state index in [1.165, 1.54) is 4.90 Å². The Kier molecular flexibility index (Phi) is 4.78. The van der Waals surface area contributed by atoms with Crippen molar-refractivity contribution in [2.45, 2.75) is 19.9 Å². The van der Waals surface area contributed by atoms with Crippen molar-refractivity contribution in [3.05, 3.63) is 0 Å². The Morgan fingerprint density at radius 1 is 1.42 bits per heavy atom. The molecular weight excluding hydrogens is 272 g/mol. The van der Waals surface area contributed by atoms with Crippen molar-refractivity contribution in [2.24, 2.45) is 11.8 Å². The number of carboxylic acid groups (broad SMARTS) is 1. The summed E-state index contributed by atoms with van der Waals surface area (Å²) >= 11 is 0. The second kappa shape index (κ2) is 5.77. The first-order valence-corrected chi connectivity index (χ1v) is 8.12. The number of rotatable bonds is 4. The van der Waals surface area contributed by atoms with Gasteiger partial charge in [-0.2, -0.15) is 0 Å². The van der Waals surface area contributed by atoms with Gasteiger partial charge >= 0.3 is 12.0 Å². The van der Waals surface area contributed by atoms with E-state index >= 15 is 0 Å². The molecule has 2 amide bonds. The van der Waals surface area contributed by atoms with Gasteiger partial charge in [-0.15, -0.1) is 0 Å². The van der Waals surface area contributed by atoms with Crippen molar-refractivity contribution < 1.29 is 23.1 Å². The van der Waals surface area contributed by atoms with Gasteiger partial charge in [0.15, 0.2) is 0 Å². The molecule has 110 valence electrons. The lowest BCUT2D eigenvalue weighted by Crippen LogP contribution is -2.45. The fraction of sp³-hybridized carbons (Fsp3) is 0.818. The van der Waals surface area contributed by atoms with E-state index in [0.29, 0.717) is 6.54 Å². The fourth-order valence-corrected chi connectivity index (χ4v) is 3.24. The number of carbonyl (C=O) groups excluding carboxylic acids is 1. The van der Waals surface area contributed by atoms with Crippen molar-refractivity contribution in [3.8, 4) is 0 Å². The van der Waals surface area contributed by atoms with Crippen LogP contribution in [0.3, 0.4) is 0 Å². The molecule has 0 aromatic carbocycles. The van der Waals surface area contributed by atoms with Crippen molar-refractivity contribution in [3.63, 3.8) is 0 Å². The molecule has 3 atom stereocenters. The number of hydrogen-bond acceptors (Lipinski definition) is 4. The molecule has 7 nitrogen and oxygen atoms in total. The van der Waals surface area contributed by atoms with E-state index in [1.807, 2.05) is 0 Å². The summed E-state index contributed by atoms with van der Waals surface area (Å²) in [5.41, 5.74) is 0. The van der Waals surface area contributed by atoms with Crippen LogP contribution in [0.15, 0.2) is 0 Å². The first kappa shape index (κ1) is 15.7. The summed E-state index contributed by atoms with van der Waals surface area (Å²) in [7, 11) is -3.15. The molecule has 0 radical (unpaired) electrons. The number of likely N-dealkylation sites (tertiary alicyclic amines) is 1. The molecule has 1 rings (SSSR count). The van der Waals surface area contributed by atoms with Crippen LogP contribution >= 0.6 is 0 Å². The van der Waals surface area contributed by atoms with Gasteiger partial charge in [-0.05, 0) is 12.8 Å². The third-order valence-corrected chi connectivity index (χ3v) is 4.24. The molecule has 0 spiro atoms. The van der Waals surface area contributed by atoms with Crippen LogP contribution in [0.25, 0.3) is 0 Å². The first-order valence-electron chi connectivity index (χ1n) is 6.06. The van der Waals surface area contributed by atoms with Crippen LogP contribution in [0.5, 0.6) is 0 Å². The van der Waals surface area contributed by atoms with Crippen molar-refractivity contribution in [1.82, 2.24) is 10.2 Å². The highest BCUT2D eigenvalue weighted by molar-refractivity contribution is 7.90. The second-order valence-corrected chi connectivity index (χ2v) is 7.45. The molecular formula is C11H20N2O5S. The second-order valence-electron chi connectivity index (χ2n) is 5.27. The monoisotopic (exact) mass is 292 g/mol. The lowest BCUT2D eigenvalue weighted by molar-refractivity contribution is -0.142. The van der Waals surface area contributed by atoms with Gasteiger partial charge in [0.2, 0.25) is 0 Å². The number of amides is 2. The molecule has 0 saturated carbocycles. The van der Waals surface area contributed by atoms with Crippen molar-refractivity contribution in [2.75, 3.05) is 25.1 Å². The molecule has 19 heavy (non-hydrogen) atoms. The van der Waals surface area contributed by atoms with Gasteiger partial charge in [-0.3, -0.25) is 4.79 Å². The van der Waals surface area contributed by atoms with Crippen LogP contribution in [0.2, 0.25) is 0 Å². The third kappa shape index (κ3) is 4.70. The van der Waals surface area contributed by atoms with Crippen LogP contribution in [0.4, 0.5) is 4.79 Å². The minimum Gasteiger partial charge on any atom is -0.481 e. The smallest absolute Gasteiger partial charge is 0.317 e. The zero-order valence-corrected chi connectivity index (χ0v) is 12.1. The molecule has 0 aromatic rings. The highest BCUT2D eigenvalue weighted by Crippen LogP contribution is 2.23. The maximum absolute atomic E-state index is 11.9. The lowest BCUT2D eigenvalue weighted by Gasteiger charge is -2.20. The number of carboxylic acids is 1. The fourth-order valence-electron chi connectivity index (χ4n) is 2.25. The van der Waals surface area contributed by atoms with Gasteiger partial charge in [-0.1, -0.05) is 6.92 Å². The van der Waals surface area contributed by atoms with E-state index in [0.717, 1.165) is 6.26 Å². The van der Waals surface area contributed by atoms with Crippen LogP contribution in [-0.2, 0) is 14.6 Å². The van der Waals surface area contributed by atoms with E-state index < -0.39 is 33.8 Å². The minimum absolute atomic E-state index is 0.103. The van der Waals surface area contributed by atoms with E-state index in [2.05, 4.69) is 5.32 Å². The SMILES string of the molecule is CC(CS(C)(=O)=O)NC(=O)N1CC(C)C(C(=O)O)C1. The molecule has 0 aliphatic carbocycles. The molecule has 0 bridgehead atoms. The van der Waals surface area contributed by atoms with Crippen molar-refractivity contribution in [1.29, 1.82) is 0 Å². The third-order valence-electron chi connectivity index (χ3n) is 3.14. The zero-order chi connectivity index (χ0) is 14.8. The number of sulfone groups is 1. The normalized spacial score (nSPS) is 25.1. The highest BCUT2D eigenvalue weighted by atomic mass is 32.2. The van der Waals surface area contributed by atoms with Crippen LogP contribution < -0.4 is 5.32 Å². The predicted octanol–water partition coefficient (Wildman–Crippen LogP) is -0.218. The topological polar surface area (TPSA) is 104 Å². The largest absolute Gasteiger partial charge is 0.481 e. The minimum atomic E-state index is -3.15. The number of aliphatic carboxylic acids is 1. The number of urea groups is 1. The van der Waals surface area contributed by atoms with Gasteiger partial charge in [0.25, 0.3) is 0 Å². The summed E-state index contributed by atoms with van der Waals surface area (Å²) in [4.78, 5) is 24.3. The summed E-state index contributed by atoms with van der Waals surface area (Å²) in [6.07, 6.45) is 1.11. The summed E-state index contributed by atoms with van der Waals surface area (Å²) < 4.78 is 22.2. The Labute approximate surface area is 112 Å².